The Kier molecular flexibility index (Phi) is 4.61. The van der Waals surface area contributed by atoms with E-state index in [1.165, 1.54) is 12.1 Å². The number of nitrogens with one attached hydrogen (secondary N) is 1. The number of aliphatic carboxylic acids is 1. The maximum absolute atomic E-state index is 12.5. The molecule has 0 amide bonds. The van der Waals surface area contributed by atoms with E-state index in [0.29, 0.717) is 11.2 Å². The summed E-state index contributed by atoms with van der Waals surface area (Å²) >= 11 is 3.40. The van der Waals surface area contributed by atoms with Crippen LogP contribution in [0.15, 0.2) is 50.2 Å². The molecule has 6 nitrogen and oxygen atoms in total. The lowest BCUT2D eigenvalue weighted by molar-refractivity contribution is -0.140. The van der Waals surface area contributed by atoms with Gasteiger partial charge in [0.05, 0.1) is 4.90 Å². The lowest BCUT2D eigenvalue weighted by Gasteiger charge is -2.17. The molecule has 0 bridgehead atoms. The lowest BCUT2D eigenvalue weighted by Crippen LogP contribution is -2.44. The van der Waals surface area contributed by atoms with Crippen LogP contribution in [-0.4, -0.2) is 25.5 Å². The fraction of sp³-hybridized carbons (Fsp3) is 0.235. The van der Waals surface area contributed by atoms with E-state index >= 15 is 0 Å². The minimum Gasteiger partial charge on any atom is -0.480 e. The van der Waals surface area contributed by atoms with E-state index in [2.05, 4.69) is 20.7 Å². The third-order valence-corrected chi connectivity index (χ3v) is 5.86. The monoisotopic (exact) mass is 425 g/mol. The summed E-state index contributed by atoms with van der Waals surface area (Å²) in [5.41, 5.74) is 1.07. The molecular weight excluding hydrogens is 410 g/mol. The van der Waals surface area contributed by atoms with Crippen molar-refractivity contribution in [3.63, 3.8) is 0 Å². The first-order chi connectivity index (χ1) is 11.7. The Labute approximate surface area is 153 Å². The second kappa shape index (κ2) is 6.44. The molecule has 0 fully saturated rings. The summed E-state index contributed by atoms with van der Waals surface area (Å²) in [7, 11) is -3.99. The van der Waals surface area contributed by atoms with Gasteiger partial charge in [0.2, 0.25) is 10.0 Å². The van der Waals surface area contributed by atoms with Crippen LogP contribution in [0.3, 0.4) is 0 Å². The van der Waals surface area contributed by atoms with Crippen molar-refractivity contribution in [3.8, 4) is 0 Å². The molecule has 1 aromatic heterocycles. The van der Waals surface area contributed by atoms with Crippen molar-refractivity contribution in [1.82, 2.24) is 4.72 Å². The molecule has 0 radical (unpaired) electrons. The summed E-state index contributed by atoms with van der Waals surface area (Å²) < 4.78 is 33.9. The Morgan fingerprint density at radius 2 is 1.84 bits per heavy atom. The molecule has 0 spiro atoms. The van der Waals surface area contributed by atoms with E-state index < -0.39 is 22.0 Å². The molecule has 1 atom stereocenters. The van der Waals surface area contributed by atoms with E-state index in [1.807, 2.05) is 12.1 Å². The van der Waals surface area contributed by atoms with Crippen molar-refractivity contribution in [1.29, 1.82) is 0 Å². The SMILES string of the molecule is CC(C)C(NS(=O)(=O)c1ccc2c(c1)oc1ccc(Br)cc12)C(=O)O. The minimum atomic E-state index is -3.99. The molecule has 1 unspecified atom stereocenters. The summed E-state index contributed by atoms with van der Waals surface area (Å²) in [5.74, 6) is -1.60. The Morgan fingerprint density at radius 3 is 2.48 bits per heavy atom. The molecule has 25 heavy (non-hydrogen) atoms. The van der Waals surface area contributed by atoms with Gasteiger partial charge in [-0.1, -0.05) is 29.8 Å². The van der Waals surface area contributed by atoms with Crippen molar-refractivity contribution < 1.29 is 22.7 Å². The van der Waals surface area contributed by atoms with Crippen LogP contribution in [-0.2, 0) is 14.8 Å². The number of hydrogen-bond acceptors (Lipinski definition) is 4. The van der Waals surface area contributed by atoms with E-state index in [-0.39, 0.29) is 10.8 Å². The summed E-state index contributed by atoms with van der Waals surface area (Å²) in [6, 6.07) is 8.84. The van der Waals surface area contributed by atoms with Crippen LogP contribution in [0.25, 0.3) is 21.9 Å². The minimum absolute atomic E-state index is 0.0370. The summed E-state index contributed by atoms with van der Waals surface area (Å²) in [6.07, 6.45) is 0. The van der Waals surface area contributed by atoms with E-state index in [9.17, 15) is 18.3 Å². The lowest BCUT2D eigenvalue weighted by atomic mass is 10.1. The number of sulfonamides is 1. The maximum Gasteiger partial charge on any atom is 0.322 e. The van der Waals surface area contributed by atoms with Crippen molar-refractivity contribution in [3.05, 3.63) is 40.9 Å². The quantitative estimate of drug-likeness (QED) is 0.648. The van der Waals surface area contributed by atoms with Crippen molar-refractivity contribution in [2.75, 3.05) is 0 Å². The standard InChI is InChI=1S/C17H16BrNO5S/c1-9(2)16(17(20)21)19-25(22,23)11-4-5-12-13-7-10(18)3-6-14(13)24-15(12)8-11/h3-9,16,19H,1-2H3,(H,20,21). The second-order valence-electron chi connectivity index (χ2n) is 6.08. The van der Waals surface area contributed by atoms with E-state index in [4.69, 9.17) is 4.42 Å². The molecule has 2 N–H and O–H groups in total. The van der Waals surface area contributed by atoms with Crippen molar-refractivity contribution in [2.24, 2.45) is 5.92 Å². The third-order valence-electron chi connectivity index (χ3n) is 3.93. The number of carbonyl (C=O) groups is 1. The Morgan fingerprint density at radius 1 is 1.12 bits per heavy atom. The van der Waals surface area contributed by atoms with Crippen LogP contribution in [0.4, 0.5) is 0 Å². The zero-order valence-corrected chi connectivity index (χ0v) is 15.9. The first kappa shape index (κ1) is 17.9. The highest BCUT2D eigenvalue weighted by atomic mass is 79.9. The van der Waals surface area contributed by atoms with Crippen molar-refractivity contribution >= 4 is 53.9 Å². The summed E-state index contributed by atoms with van der Waals surface area (Å²) in [6.45, 7) is 3.28. The third kappa shape index (κ3) is 3.42. The summed E-state index contributed by atoms with van der Waals surface area (Å²) in [5, 5.41) is 10.9. The van der Waals surface area contributed by atoms with Crippen molar-refractivity contribution in [2.45, 2.75) is 24.8 Å². The molecule has 0 aliphatic rings. The number of benzene rings is 2. The van der Waals surface area contributed by atoms with Crippen LogP contribution in [0.1, 0.15) is 13.8 Å². The maximum atomic E-state index is 12.5. The molecule has 0 saturated carbocycles. The van der Waals surface area contributed by atoms with E-state index in [0.717, 1.165) is 15.2 Å². The van der Waals surface area contributed by atoms with Crippen LogP contribution >= 0.6 is 15.9 Å². The van der Waals surface area contributed by atoms with Gasteiger partial charge in [-0.3, -0.25) is 4.79 Å². The topological polar surface area (TPSA) is 96.6 Å². The first-order valence-corrected chi connectivity index (χ1v) is 9.83. The number of carboxylic acid groups (broad SMARTS) is 1. The molecule has 0 saturated heterocycles. The highest BCUT2D eigenvalue weighted by Gasteiger charge is 2.28. The van der Waals surface area contributed by atoms with Crippen LogP contribution < -0.4 is 4.72 Å². The first-order valence-electron chi connectivity index (χ1n) is 7.56. The fourth-order valence-electron chi connectivity index (χ4n) is 2.60. The van der Waals surface area contributed by atoms with Gasteiger partial charge < -0.3 is 9.52 Å². The largest absolute Gasteiger partial charge is 0.480 e. The fourth-order valence-corrected chi connectivity index (χ4v) is 4.32. The summed E-state index contributed by atoms with van der Waals surface area (Å²) in [4.78, 5) is 11.2. The number of hydrogen-bond donors (Lipinski definition) is 2. The number of fused-ring (bicyclic) bond motifs is 3. The molecular formula is C17H16BrNO5S. The molecule has 3 aromatic rings. The van der Waals surface area contributed by atoms with E-state index in [1.54, 1.807) is 26.0 Å². The number of carboxylic acids is 1. The van der Waals surface area contributed by atoms with Gasteiger partial charge in [0.25, 0.3) is 0 Å². The Balaban J connectivity index is 2.06. The Hall–Kier alpha value is -1.90. The normalized spacial score (nSPS) is 13.6. The predicted octanol–water partition coefficient (Wildman–Crippen LogP) is 3.74. The molecule has 0 aliphatic carbocycles. The van der Waals surface area contributed by atoms with Gasteiger partial charge in [-0.2, -0.15) is 4.72 Å². The molecule has 1 heterocycles. The molecule has 132 valence electrons. The molecule has 0 aliphatic heterocycles. The number of halogens is 1. The molecule has 2 aromatic carbocycles. The van der Waals surface area contributed by atoms with Crippen LogP contribution in [0.5, 0.6) is 0 Å². The number of rotatable bonds is 5. The molecule has 8 heteroatoms. The highest BCUT2D eigenvalue weighted by molar-refractivity contribution is 9.10. The van der Waals surface area contributed by atoms with Gasteiger partial charge >= 0.3 is 5.97 Å². The second-order valence-corrected chi connectivity index (χ2v) is 8.71. The van der Waals surface area contributed by atoms with Gasteiger partial charge in [0.15, 0.2) is 0 Å². The van der Waals surface area contributed by atoms with Gasteiger partial charge in [0.1, 0.15) is 17.2 Å². The smallest absolute Gasteiger partial charge is 0.322 e. The average molecular weight is 426 g/mol. The average Bonchev–Trinajstić information content (AvgIpc) is 2.89. The van der Waals surface area contributed by atoms with Gasteiger partial charge in [-0.05, 0) is 36.2 Å². The van der Waals surface area contributed by atoms with Gasteiger partial charge in [0, 0.05) is 21.3 Å². The van der Waals surface area contributed by atoms with Crippen LogP contribution in [0.2, 0.25) is 0 Å². The van der Waals surface area contributed by atoms with Gasteiger partial charge in [-0.15, -0.1) is 0 Å². The zero-order chi connectivity index (χ0) is 18.4. The number of furan rings is 1. The Bertz CT molecular complexity index is 1070. The van der Waals surface area contributed by atoms with Gasteiger partial charge in [-0.25, -0.2) is 8.42 Å². The van der Waals surface area contributed by atoms with Crippen LogP contribution in [0, 0.1) is 5.92 Å². The molecule has 3 rings (SSSR count). The predicted molar refractivity (Wildman–Crippen MR) is 98.0 cm³/mol. The highest BCUT2D eigenvalue weighted by Crippen LogP contribution is 2.32. The zero-order valence-electron chi connectivity index (χ0n) is 13.5.